The number of rotatable bonds is 2. The van der Waals surface area contributed by atoms with E-state index in [1.165, 1.54) is 16.7 Å². The summed E-state index contributed by atoms with van der Waals surface area (Å²) in [6, 6.07) is 15.6. The Morgan fingerprint density at radius 2 is 1.50 bits per heavy atom. The van der Waals surface area contributed by atoms with Crippen LogP contribution in [0.1, 0.15) is 5.56 Å². The van der Waals surface area contributed by atoms with Crippen LogP contribution in [0.3, 0.4) is 0 Å². The minimum Gasteiger partial charge on any atom is -0.871 e. The van der Waals surface area contributed by atoms with E-state index in [1.54, 1.807) is 30.6 Å². The highest BCUT2D eigenvalue weighted by molar-refractivity contribution is 6.44. The number of carbonyl (C=O) groups is 2. The number of hydrogen-bond acceptors (Lipinski definition) is 5. The molecule has 2 aromatic heterocycles. The quantitative estimate of drug-likeness (QED) is 0.295. The number of ketones is 2. The second-order valence-corrected chi connectivity index (χ2v) is 6.86. The monoisotopic (exact) mass is 395 g/mol. The van der Waals surface area contributed by atoms with E-state index in [0.29, 0.717) is 0 Å². The number of nitrogens with zero attached hydrogens (tertiary/aromatic N) is 1. The molecule has 0 radical (unpaired) electrons. The molecule has 0 atom stereocenters. The number of allylic oxidation sites excluding steroid dienone is 4. The molecule has 0 bridgehead atoms. The Kier molecular flexibility index (Phi) is 3.93. The summed E-state index contributed by atoms with van der Waals surface area (Å²) in [6.07, 6.45) is 5.50. The van der Waals surface area contributed by atoms with Crippen LogP contribution in [-0.4, -0.2) is 11.6 Å². The Bertz CT molecular complexity index is 1510. The molecule has 0 fully saturated rings. The smallest absolute Gasteiger partial charge is 0.343 e. The average molecular weight is 395 g/mol. The molecule has 1 aliphatic carbocycles. The normalized spacial score (nSPS) is 14.1. The molecule has 2 heterocycles. The van der Waals surface area contributed by atoms with Crippen molar-refractivity contribution in [3.05, 3.63) is 95.1 Å². The van der Waals surface area contributed by atoms with E-state index in [4.69, 9.17) is 4.42 Å². The molecule has 5 rings (SSSR count). The maximum Gasteiger partial charge on any atom is 0.343 e. The standard InChI is InChI=1S/C24H13NO5/c26-17-9-10-18(27)22(25-12-11-14-5-1-2-6-15(14)13-25)20(17)21-23(28)16-7-3-4-8-19(16)30-24(21)29/h1-13H. The largest absolute Gasteiger partial charge is 0.871 e. The molecule has 2 aromatic carbocycles. The topological polar surface area (TPSA) is 91.3 Å². The summed E-state index contributed by atoms with van der Waals surface area (Å²) in [5, 5.41) is 15.0. The lowest BCUT2D eigenvalue weighted by Crippen LogP contribution is -2.39. The third kappa shape index (κ3) is 2.66. The zero-order valence-corrected chi connectivity index (χ0v) is 15.5. The van der Waals surface area contributed by atoms with Crippen LogP contribution in [0.2, 0.25) is 0 Å². The van der Waals surface area contributed by atoms with Gasteiger partial charge in [0.25, 0.3) is 11.5 Å². The van der Waals surface area contributed by atoms with Crippen LogP contribution < -0.4 is 15.3 Å². The summed E-state index contributed by atoms with van der Waals surface area (Å²) in [5.41, 5.74) is -1.58. The fourth-order valence-corrected chi connectivity index (χ4v) is 3.66. The van der Waals surface area contributed by atoms with Gasteiger partial charge in [-0.3, -0.25) is 9.59 Å². The van der Waals surface area contributed by atoms with Gasteiger partial charge in [-0.05, 0) is 29.7 Å². The fourth-order valence-electron chi connectivity index (χ4n) is 3.66. The maximum atomic E-state index is 13.1. The molecule has 6 nitrogen and oxygen atoms in total. The van der Waals surface area contributed by atoms with E-state index < -0.39 is 28.5 Å². The number of benzene rings is 2. The summed E-state index contributed by atoms with van der Waals surface area (Å²) >= 11 is 0. The number of hydrogen-bond donors (Lipinski definition) is 0. The molecule has 0 amide bonds. The summed E-state index contributed by atoms with van der Waals surface area (Å²) in [6.45, 7) is 0. The van der Waals surface area contributed by atoms with Crippen molar-refractivity contribution in [3.63, 3.8) is 0 Å². The first-order valence-corrected chi connectivity index (χ1v) is 9.19. The van der Waals surface area contributed by atoms with E-state index in [-0.39, 0.29) is 22.2 Å². The van der Waals surface area contributed by atoms with E-state index in [2.05, 4.69) is 0 Å². The average Bonchev–Trinajstić information content (AvgIpc) is 2.76. The van der Waals surface area contributed by atoms with E-state index >= 15 is 0 Å². The minimum absolute atomic E-state index is 0.0621. The number of para-hydroxylation sites is 1. The van der Waals surface area contributed by atoms with E-state index in [9.17, 15) is 19.5 Å². The molecule has 0 saturated carbocycles. The summed E-state index contributed by atoms with van der Waals surface area (Å²) < 4.78 is 6.75. The number of pyridine rings is 1. The molecule has 144 valence electrons. The van der Waals surface area contributed by atoms with E-state index in [0.717, 1.165) is 22.9 Å². The van der Waals surface area contributed by atoms with Crippen LogP contribution >= 0.6 is 0 Å². The molecule has 30 heavy (non-hydrogen) atoms. The highest BCUT2D eigenvalue weighted by Crippen LogP contribution is 2.32. The SMILES string of the molecule is O=C1C=CC(=O)C([n+]2ccc3ccccc3c2)=C1c1c([O-])c2ccccc2oc1=O. The summed E-state index contributed by atoms with van der Waals surface area (Å²) in [5.74, 6) is -1.74. The van der Waals surface area contributed by atoms with Gasteiger partial charge in [-0.25, -0.2) is 4.79 Å². The van der Waals surface area contributed by atoms with Crippen LogP contribution in [0.15, 0.2) is 88.4 Å². The molecule has 0 saturated heterocycles. The molecule has 1 aliphatic rings. The first-order valence-electron chi connectivity index (χ1n) is 9.19. The fraction of sp³-hybridized carbons (Fsp3) is 0. The van der Waals surface area contributed by atoms with Gasteiger partial charge in [-0.1, -0.05) is 42.1 Å². The van der Waals surface area contributed by atoms with Gasteiger partial charge in [0.1, 0.15) is 11.2 Å². The zero-order chi connectivity index (χ0) is 20.8. The summed E-state index contributed by atoms with van der Waals surface area (Å²) in [7, 11) is 0. The van der Waals surface area contributed by atoms with Crippen molar-refractivity contribution in [1.82, 2.24) is 0 Å². The van der Waals surface area contributed by atoms with Crippen molar-refractivity contribution in [1.29, 1.82) is 0 Å². The number of fused-ring (bicyclic) bond motifs is 2. The van der Waals surface area contributed by atoms with Crippen molar-refractivity contribution in [2.24, 2.45) is 0 Å². The third-order valence-electron chi connectivity index (χ3n) is 5.07. The molecule has 0 unspecified atom stereocenters. The van der Waals surface area contributed by atoms with Crippen molar-refractivity contribution in [3.8, 4) is 5.75 Å². The Morgan fingerprint density at radius 3 is 2.33 bits per heavy atom. The van der Waals surface area contributed by atoms with Gasteiger partial charge >= 0.3 is 5.63 Å². The molecular weight excluding hydrogens is 382 g/mol. The molecule has 4 aromatic rings. The predicted molar refractivity (Wildman–Crippen MR) is 108 cm³/mol. The van der Waals surface area contributed by atoms with Crippen molar-refractivity contribution >= 4 is 44.6 Å². The first kappa shape index (κ1) is 17.8. The highest BCUT2D eigenvalue weighted by Gasteiger charge is 2.34. The second kappa shape index (κ2) is 6.63. The van der Waals surface area contributed by atoms with E-state index in [1.807, 2.05) is 24.3 Å². The van der Waals surface area contributed by atoms with Crippen LogP contribution in [0.4, 0.5) is 0 Å². The lowest BCUT2D eigenvalue weighted by atomic mass is 9.92. The number of aromatic nitrogens is 1. The molecule has 0 spiro atoms. The highest BCUT2D eigenvalue weighted by atomic mass is 16.4. The van der Waals surface area contributed by atoms with Crippen molar-refractivity contribution in [2.75, 3.05) is 0 Å². The molecule has 0 aliphatic heterocycles. The van der Waals surface area contributed by atoms with Gasteiger partial charge in [0.2, 0.25) is 0 Å². The van der Waals surface area contributed by atoms with Gasteiger partial charge in [0.05, 0.1) is 5.56 Å². The predicted octanol–water partition coefficient (Wildman–Crippen LogP) is 2.38. The molecular formula is C24H13NO5. The van der Waals surface area contributed by atoms with Gasteiger partial charge in [0, 0.05) is 16.8 Å². The van der Waals surface area contributed by atoms with Crippen molar-refractivity contribution < 1.29 is 23.7 Å². The Hall–Kier alpha value is -4.32. The number of carbonyl (C=O) groups excluding carboxylic acids is 2. The molecule has 0 N–H and O–H groups in total. The second-order valence-electron chi connectivity index (χ2n) is 6.86. The Morgan fingerprint density at radius 1 is 0.800 bits per heavy atom. The van der Waals surface area contributed by atoms with Crippen LogP contribution in [0, 0.1) is 0 Å². The van der Waals surface area contributed by atoms with Gasteiger partial charge in [0.15, 0.2) is 18.2 Å². The molecule has 6 heteroatoms. The Labute approximate surface area is 169 Å². The summed E-state index contributed by atoms with van der Waals surface area (Å²) in [4.78, 5) is 38.3. The van der Waals surface area contributed by atoms with Crippen LogP contribution in [-0.2, 0) is 9.59 Å². The van der Waals surface area contributed by atoms with Crippen molar-refractivity contribution in [2.45, 2.75) is 0 Å². The minimum atomic E-state index is -0.955. The lowest BCUT2D eigenvalue weighted by Gasteiger charge is -2.17. The zero-order valence-electron chi connectivity index (χ0n) is 15.5. The van der Waals surface area contributed by atoms with Crippen LogP contribution in [0.25, 0.3) is 33.0 Å². The lowest BCUT2D eigenvalue weighted by molar-refractivity contribution is -0.575. The first-order chi connectivity index (χ1) is 14.5. The maximum absolute atomic E-state index is 13.1. The van der Waals surface area contributed by atoms with Gasteiger partial charge < -0.3 is 9.52 Å². The van der Waals surface area contributed by atoms with Gasteiger partial charge in [-0.15, -0.1) is 0 Å². The van der Waals surface area contributed by atoms with Gasteiger partial charge in [-0.2, -0.15) is 4.57 Å². The third-order valence-corrected chi connectivity index (χ3v) is 5.07. The van der Waals surface area contributed by atoms with Crippen LogP contribution in [0.5, 0.6) is 5.75 Å². The Balaban J connectivity index is 1.87.